The predicted octanol–water partition coefficient (Wildman–Crippen LogP) is 5.60. The van der Waals surface area contributed by atoms with E-state index in [1.165, 1.54) is 22.8 Å². The van der Waals surface area contributed by atoms with E-state index in [1.54, 1.807) is 11.3 Å². The van der Waals surface area contributed by atoms with E-state index in [1.807, 2.05) is 0 Å². The zero-order valence-electron chi connectivity index (χ0n) is 12.2. The number of hydrogen-bond acceptors (Lipinski definition) is 4. The Morgan fingerprint density at radius 3 is 2.79 bits per heavy atom. The third-order valence-electron chi connectivity index (χ3n) is 4.05. The molecule has 1 aliphatic rings. The summed E-state index contributed by atoms with van der Waals surface area (Å²) in [5, 5.41) is 4.07. The van der Waals surface area contributed by atoms with E-state index in [0.717, 1.165) is 41.6 Å². The normalized spacial score (nSPS) is 14.2. The van der Waals surface area contributed by atoms with Gasteiger partial charge in [-0.15, -0.1) is 11.3 Å². The molecule has 0 aliphatic heterocycles. The molecule has 0 saturated carbocycles. The molecule has 0 spiro atoms. The number of anilines is 2. The fraction of sp³-hybridized carbons (Fsp3) is 0.250. The van der Waals surface area contributed by atoms with Gasteiger partial charge in [0.25, 0.3) is 0 Å². The second-order valence-corrected chi connectivity index (χ2v) is 7.07. The number of alkyl halides is 3. The number of halogens is 4. The molecule has 0 atom stereocenters. The van der Waals surface area contributed by atoms with Gasteiger partial charge in [0, 0.05) is 4.88 Å². The van der Waals surface area contributed by atoms with Crippen LogP contribution in [0.25, 0.3) is 10.2 Å². The number of benzene rings is 1. The molecule has 3 nitrogen and oxygen atoms in total. The van der Waals surface area contributed by atoms with E-state index in [0.29, 0.717) is 5.82 Å². The van der Waals surface area contributed by atoms with Gasteiger partial charge in [0.1, 0.15) is 17.0 Å². The number of hydrogen-bond donors (Lipinski definition) is 1. The lowest BCUT2D eigenvalue weighted by molar-refractivity contribution is -0.137. The van der Waals surface area contributed by atoms with Crippen LogP contribution in [0.3, 0.4) is 0 Å². The van der Waals surface area contributed by atoms with E-state index in [9.17, 15) is 13.2 Å². The molecule has 24 heavy (non-hydrogen) atoms. The molecule has 0 radical (unpaired) electrons. The van der Waals surface area contributed by atoms with Gasteiger partial charge >= 0.3 is 6.18 Å². The Hall–Kier alpha value is -1.86. The van der Waals surface area contributed by atoms with Crippen LogP contribution in [-0.2, 0) is 19.0 Å². The van der Waals surface area contributed by atoms with Gasteiger partial charge in [-0.2, -0.15) is 13.2 Å². The molecule has 3 aromatic rings. The van der Waals surface area contributed by atoms with Gasteiger partial charge < -0.3 is 5.32 Å². The molecule has 2 aromatic heterocycles. The average molecular weight is 370 g/mol. The molecule has 0 saturated heterocycles. The summed E-state index contributed by atoms with van der Waals surface area (Å²) in [4.78, 5) is 10.6. The van der Waals surface area contributed by atoms with Gasteiger partial charge in [-0.3, -0.25) is 0 Å². The summed E-state index contributed by atoms with van der Waals surface area (Å²) in [6.45, 7) is 0. The molecule has 4 rings (SSSR count). The number of nitrogens with zero attached hydrogens (tertiary/aromatic N) is 2. The standard InChI is InChI=1S/C16H11ClF3N3S/c17-10-5-4-8(16(18,19)20)6-11(10)23-14-13-9-2-1-3-12(9)24-15(13)22-7-21-14/h4-7H,1-3H2,(H,21,22,23). The Kier molecular flexibility index (Phi) is 3.65. The van der Waals surface area contributed by atoms with Gasteiger partial charge in [0.05, 0.1) is 21.7 Å². The summed E-state index contributed by atoms with van der Waals surface area (Å²) in [7, 11) is 0. The molecule has 2 heterocycles. The maximum atomic E-state index is 12.9. The minimum absolute atomic E-state index is 0.185. The van der Waals surface area contributed by atoms with E-state index < -0.39 is 11.7 Å². The first kappa shape index (κ1) is 15.7. The lowest BCUT2D eigenvalue weighted by atomic mass is 10.1. The van der Waals surface area contributed by atoms with E-state index in [-0.39, 0.29) is 10.7 Å². The highest BCUT2D eigenvalue weighted by molar-refractivity contribution is 7.19. The first-order valence-corrected chi connectivity index (χ1v) is 8.52. The van der Waals surface area contributed by atoms with E-state index in [4.69, 9.17) is 11.6 Å². The third kappa shape index (κ3) is 2.61. The van der Waals surface area contributed by atoms with Crippen molar-refractivity contribution in [1.29, 1.82) is 0 Å². The van der Waals surface area contributed by atoms with Crippen molar-refractivity contribution in [3.63, 3.8) is 0 Å². The van der Waals surface area contributed by atoms with Crippen molar-refractivity contribution in [2.45, 2.75) is 25.4 Å². The Morgan fingerprint density at radius 2 is 2.00 bits per heavy atom. The van der Waals surface area contributed by atoms with Crippen LogP contribution in [0.15, 0.2) is 24.5 Å². The van der Waals surface area contributed by atoms with Crippen LogP contribution < -0.4 is 5.32 Å². The Bertz CT molecular complexity index is 936. The number of rotatable bonds is 2. The largest absolute Gasteiger partial charge is 0.416 e. The summed E-state index contributed by atoms with van der Waals surface area (Å²) < 4.78 is 38.8. The van der Waals surface area contributed by atoms with Crippen molar-refractivity contribution in [2.24, 2.45) is 0 Å². The minimum atomic E-state index is -4.42. The van der Waals surface area contributed by atoms with Crippen molar-refractivity contribution in [3.05, 3.63) is 45.6 Å². The van der Waals surface area contributed by atoms with Gasteiger partial charge in [-0.05, 0) is 43.0 Å². The van der Waals surface area contributed by atoms with Crippen molar-refractivity contribution in [1.82, 2.24) is 9.97 Å². The third-order valence-corrected chi connectivity index (χ3v) is 5.58. The first-order chi connectivity index (χ1) is 11.4. The maximum Gasteiger partial charge on any atom is 0.416 e. The highest BCUT2D eigenvalue weighted by atomic mass is 35.5. The molecule has 124 valence electrons. The number of fused-ring (bicyclic) bond motifs is 3. The molecule has 1 N–H and O–H groups in total. The number of thiophene rings is 1. The fourth-order valence-corrected chi connectivity index (χ4v) is 4.34. The number of aromatic nitrogens is 2. The summed E-state index contributed by atoms with van der Waals surface area (Å²) in [5.41, 5.74) is 0.626. The fourth-order valence-electron chi connectivity index (χ4n) is 2.95. The van der Waals surface area contributed by atoms with Crippen LogP contribution in [0.4, 0.5) is 24.7 Å². The molecule has 8 heteroatoms. The van der Waals surface area contributed by atoms with E-state index in [2.05, 4.69) is 15.3 Å². The monoisotopic (exact) mass is 369 g/mol. The highest BCUT2D eigenvalue weighted by Gasteiger charge is 2.31. The summed E-state index contributed by atoms with van der Waals surface area (Å²) in [6.07, 6.45) is 0.0209. The summed E-state index contributed by atoms with van der Waals surface area (Å²) in [5.74, 6) is 0.501. The van der Waals surface area contributed by atoms with Crippen LogP contribution in [0.2, 0.25) is 5.02 Å². The molecule has 0 fully saturated rings. The van der Waals surface area contributed by atoms with E-state index >= 15 is 0 Å². The second-order valence-electron chi connectivity index (χ2n) is 5.58. The van der Waals surface area contributed by atoms with Crippen LogP contribution >= 0.6 is 22.9 Å². The van der Waals surface area contributed by atoms with Crippen molar-refractivity contribution >= 4 is 44.7 Å². The van der Waals surface area contributed by atoms with Crippen LogP contribution in [0.5, 0.6) is 0 Å². The zero-order chi connectivity index (χ0) is 16.9. The highest BCUT2D eigenvalue weighted by Crippen LogP contribution is 2.41. The van der Waals surface area contributed by atoms with Crippen LogP contribution in [0.1, 0.15) is 22.4 Å². The molecule has 1 aliphatic carbocycles. The first-order valence-electron chi connectivity index (χ1n) is 7.32. The lowest BCUT2D eigenvalue weighted by Crippen LogP contribution is -2.06. The molecular weight excluding hydrogens is 359 g/mol. The van der Waals surface area contributed by atoms with Gasteiger partial charge in [-0.25, -0.2) is 9.97 Å². The van der Waals surface area contributed by atoms with Gasteiger partial charge in [0.2, 0.25) is 0 Å². The van der Waals surface area contributed by atoms with Gasteiger partial charge in [-0.1, -0.05) is 11.6 Å². The topological polar surface area (TPSA) is 37.8 Å². The van der Waals surface area contributed by atoms with Crippen LogP contribution in [-0.4, -0.2) is 9.97 Å². The number of nitrogens with one attached hydrogen (secondary N) is 1. The number of aryl methyl sites for hydroxylation is 2. The van der Waals surface area contributed by atoms with Gasteiger partial charge in [0.15, 0.2) is 0 Å². The average Bonchev–Trinajstić information content (AvgIpc) is 3.09. The smallest absolute Gasteiger partial charge is 0.338 e. The molecule has 0 amide bonds. The summed E-state index contributed by atoms with van der Waals surface area (Å²) >= 11 is 7.69. The zero-order valence-corrected chi connectivity index (χ0v) is 13.8. The maximum absolute atomic E-state index is 12.9. The van der Waals surface area contributed by atoms with Crippen molar-refractivity contribution in [2.75, 3.05) is 5.32 Å². The molecule has 0 bridgehead atoms. The Balaban J connectivity index is 1.80. The van der Waals surface area contributed by atoms with Crippen molar-refractivity contribution < 1.29 is 13.2 Å². The molecule has 0 unspecified atom stereocenters. The predicted molar refractivity (Wildman–Crippen MR) is 89.2 cm³/mol. The van der Waals surface area contributed by atoms with Crippen LogP contribution in [0, 0.1) is 0 Å². The lowest BCUT2D eigenvalue weighted by Gasteiger charge is -2.12. The Labute approximate surface area is 144 Å². The molecule has 1 aromatic carbocycles. The second kappa shape index (κ2) is 5.60. The van der Waals surface area contributed by atoms with Crippen molar-refractivity contribution in [3.8, 4) is 0 Å². The Morgan fingerprint density at radius 1 is 1.17 bits per heavy atom. The summed E-state index contributed by atoms with van der Waals surface area (Å²) in [6, 6.07) is 3.21. The molecular formula is C16H11ClF3N3S. The minimum Gasteiger partial charge on any atom is -0.338 e. The SMILES string of the molecule is FC(F)(F)c1ccc(Cl)c(Nc2ncnc3sc4c(c23)CCC4)c1. The quantitative estimate of drug-likeness (QED) is 0.639.